The van der Waals surface area contributed by atoms with Crippen LogP contribution in [0.1, 0.15) is 26.7 Å². The van der Waals surface area contributed by atoms with Crippen LogP contribution in [0.5, 0.6) is 0 Å². The van der Waals surface area contributed by atoms with Crippen LogP contribution in [-0.4, -0.2) is 53.1 Å². The van der Waals surface area contributed by atoms with E-state index < -0.39 is 0 Å². The highest BCUT2D eigenvalue weighted by Gasteiger charge is 2.28. The van der Waals surface area contributed by atoms with Crippen LogP contribution >= 0.6 is 15.9 Å². The second-order valence-electron chi connectivity index (χ2n) is 4.30. The van der Waals surface area contributed by atoms with Crippen molar-refractivity contribution in [2.24, 2.45) is 5.92 Å². The number of halogens is 1. The maximum Gasteiger partial charge on any atom is 0.233 e. The SMILES string of the molecule is CCN(CC)C(=O)C1CCN(C(=O)CBr)CC1. The summed E-state index contributed by atoms with van der Waals surface area (Å²) in [6, 6.07) is 0. The summed E-state index contributed by atoms with van der Waals surface area (Å²) in [7, 11) is 0. The Morgan fingerprint density at radius 1 is 1.24 bits per heavy atom. The summed E-state index contributed by atoms with van der Waals surface area (Å²) in [5, 5.41) is 0.377. The van der Waals surface area contributed by atoms with Gasteiger partial charge in [-0.2, -0.15) is 0 Å². The molecule has 1 fully saturated rings. The van der Waals surface area contributed by atoms with Crippen LogP contribution in [0.3, 0.4) is 0 Å². The number of hydrogen-bond donors (Lipinski definition) is 0. The molecule has 0 aromatic rings. The number of amides is 2. The van der Waals surface area contributed by atoms with E-state index in [4.69, 9.17) is 0 Å². The number of likely N-dealkylation sites (tertiary alicyclic amines) is 1. The first kappa shape index (κ1) is 14.5. The zero-order valence-electron chi connectivity index (χ0n) is 10.6. The first-order chi connectivity index (χ1) is 8.13. The second kappa shape index (κ2) is 6.99. The van der Waals surface area contributed by atoms with Gasteiger partial charge in [0.25, 0.3) is 0 Å². The van der Waals surface area contributed by atoms with Crippen LogP contribution in [-0.2, 0) is 9.59 Å². The lowest BCUT2D eigenvalue weighted by molar-refractivity contribution is -0.139. The van der Waals surface area contributed by atoms with E-state index in [0.717, 1.165) is 25.9 Å². The van der Waals surface area contributed by atoms with Crippen LogP contribution in [0.25, 0.3) is 0 Å². The lowest BCUT2D eigenvalue weighted by atomic mass is 9.95. The Balaban J connectivity index is 2.46. The van der Waals surface area contributed by atoms with Crippen molar-refractivity contribution in [2.45, 2.75) is 26.7 Å². The Kier molecular flexibility index (Phi) is 5.95. The van der Waals surface area contributed by atoms with Crippen molar-refractivity contribution in [3.8, 4) is 0 Å². The molecule has 0 radical (unpaired) electrons. The smallest absolute Gasteiger partial charge is 0.233 e. The van der Waals surface area contributed by atoms with Crippen molar-refractivity contribution in [2.75, 3.05) is 31.5 Å². The average molecular weight is 305 g/mol. The van der Waals surface area contributed by atoms with E-state index >= 15 is 0 Å². The van der Waals surface area contributed by atoms with E-state index in [2.05, 4.69) is 15.9 Å². The third-order valence-electron chi connectivity index (χ3n) is 3.39. The van der Waals surface area contributed by atoms with Gasteiger partial charge in [-0.05, 0) is 26.7 Å². The third kappa shape index (κ3) is 3.69. The Bertz CT molecular complexity index is 272. The highest BCUT2D eigenvalue weighted by molar-refractivity contribution is 9.09. The molecule has 1 aliphatic heterocycles. The van der Waals surface area contributed by atoms with E-state index in [-0.39, 0.29) is 17.7 Å². The summed E-state index contributed by atoms with van der Waals surface area (Å²) in [5.74, 6) is 0.481. The Morgan fingerprint density at radius 2 is 1.76 bits per heavy atom. The molecule has 0 bridgehead atoms. The highest BCUT2D eigenvalue weighted by Crippen LogP contribution is 2.20. The molecule has 2 amide bonds. The fourth-order valence-corrected chi connectivity index (χ4v) is 2.61. The van der Waals surface area contributed by atoms with Gasteiger partial charge in [-0.15, -0.1) is 0 Å². The summed E-state index contributed by atoms with van der Waals surface area (Å²) in [5.41, 5.74) is 0. The molecule has 0 unspecified atom stereocenters. The molecular formula is C12H21BrN2O2. The van der Waals surface area contributed by atoms with Crippen molar-refractivity contribution in [1.29, 1.82) is 0 Å². The van der Waals surface area contributed by atoms with Crippen LogP contribution < -0.4 is 0 Å². The molecule has 17 heavy (non-hydrogen) atoms. The fraction of sp³-hybridized carbons (Fsp3) is 0.833. The lowest BCUT2D eigenvalue weighted by Crippen LogP contribution is -2.44. The maximum absolute atomic E-state index is 12.1. The van der Waals surface area contributed by atoms with Crippen molar-refractivity contribution < 1.29 is 9.59 Å². The van der Waals surface area contributed by atoms with Gasteiger partial charge in [0.2, 0.25) is 11.8 Å². The first-order valence-electron chi connectivity index (χ1n) is 6.26. The van der Waals surface area contributed by atoms with Gasteiger partial charge in [-0.3, -0.25) is 9.59 Å². The monoisotopic (exact) mass is 304 g/mol. The number of piperidine rings is 1. The van der Waals surface area contributed by atoms with Crippen molar-refractivity contribution >= 4 is 27.7 Å². The van der Waals surface area contributed by atoms with Gasteiger partial charge in [-0.25, -0.2) is 0 Å². The van der Waals surface area contributed by atoms with E-state index in [9.17, 15) is 9.59 Å². The van der Waals surface area contributed by atoms with Crippen molar-refractivity contribution in [3.63, 3.8) is 0 Å². The average Bonchev–Trinajstić information content (AvgIpc) is 2.39. The van der Waals surface area contributed by atoms with Gasteiger partial charge < -0.3 is 9.80 Å². The van der Waals surface area contributed by atoms with Crippen molar-refractivity contribution in [1.82, 2.24) is 9.80 Å². The van der Waals surface area contributed by atoms with Gasteiger partial charge in [0.1, 0.15) is 0 Å². The fourth-order valence-electron chi connectivity index (χ4n) is 2.25. The van der Waals surface area contributed by atoms with Crippen molar-refractivity contribution in [3.05, 3.63) is 0 Å². The quantitative estimate of drug-likeness (QED) is 0.738. The maximum atomic E-state index is 12.1. The topological polar surface area (TPSA) is 40.6 Å². The molecule has 4 nitrogen and oxygen atoms in total. The van der Waals surface area contributed by atoms with Gasteiger partial charge >= 0.3 is 0 Å². The normalized spacial score (nSPS) is 17.0. The van der Waals surface area contributed by atoms with Gasteiger partial charge in [-0.1, -0.05) is 15.9 Å². The molecule has 1 saturated heterocycles. The molecule has 1 aliphatic rings. The van der Waals surface area contributed by atoms with Gasteiger partial charge in [0.05, 0.1) is 5.33 Å². The number of hydrogen-bond acceptors (Lipinski definition) is 2. The molecule has 5 heteroatoms. The summed E-state index contributed by atoms with van der Waals surface area (Å²) in [6.07, 6.45) is 1.60. The predicted octanol–water partition coefficient (Wildman–Crippen LogP) is 1.49. The standard InChI is InChI=1S/C12H21BrN2O2/c1-3-14(4-2)12(17)10-5-7-15(8-6-10)11(16)9-13/h10H,3-9H2,1-2H3. The molecule has 0 aromatic heterocycles. The molecule has 98 valence electrons. The molecule has 1 rings (SSSR count). The first-order valence-corrected chi connectivity index (χ1v) is 7.38. The summed E-state index contributed by atoms with van der Waals surface area (Å²) < 4.78 is 0. The largest absolute Gasteiger partial charge is 0.343 e. The zero-order valence-corrected chi connectivity index (χ0v) is 12.2. The zero-order chi connectivity index (χ0) is 12.8. The number of carbonyl (C=O) groups excluding carboxylic acids is 2. The van der Waals surface area contributed by atoms with Crippen LogP contribution in [0.15, 0.2) is 0 Å². The minimum Gasteiger partial charge on any atom is -0.343 e. The summed E-state index contributed by atoms with van der Waals surface area (Å²) >= 11 is 3.17. The second-order valence-corrected chi connectivity index (χ2v) is 4.86. The minimum absolute atomic E-state index is 0.106. The summed E-state index contributed by atoms with van der Waals surface area (Å²) in [6.45, 7) is 6.98. The Morgan fingerprint density at radius 3 is 2.18 bits per heavy atom. The van der Waals surface area contributed by atoms with Crippen LogP contribution in [0.2, 0.25) is 0 Å². The molecule has 1 heterocycles. The number of rotatable bonds is 4. The predicted molar refractivity (Wildman–Crippen MR) is 71.0 cm³/mol. The number of carbonyl (C=O) groups is 2. The Hall–Kier alpha value is -0.580. The third-order valence-corrected chi connectivity index (χ3v) is 3.87. The molecule has 0 atom stereocenters. The van der Waals surface area contributed by atoms with Crippen LogP contribution in [0.4, 0.5) is 0 Å². The summed E-state index contributed by atoms with van der Waals surface area (Å²) in [4.78, 5) is 27.3. The van der Waals surface area contributed by atoms with E-state index in [1.54, 1.807) is 0 Å². The molecular weight excluding hydrogens is 284 g/mol. The highest BCUT2D eigenvalue weighted by atomic mass is 79.9. The number of alkyl halides is 1. The molecule has 0 aliphatic carbocycles. The lowest BCUT2D eigenvalue weighted by Gasteiger charge is -2.33. The molecule has 0 saturated carbocycles. The van der Waals surface area contributed by atoms with Gasteiger partial charge in [0, 0.05) is 32.1 Å². The molecule has 0 aromatic carbocycles. The van der Waals surface area contributed by atoms with Crippen LogP contribution in [0, 0.1) is 5.92 Å². The van der Waals surface area contributed by atoms with E-state index in [0.29, 0.717) is 18.4 Å². The molecule has 0 spiro atoms. The van der Waals surface area contributed by atoms with E-state index in [1.807, 2.05) is 23.6 Å². The van der Waals surface area contributed by atoms with Gasteiger partial charge in [0.15, 0.2) is 0 Å². The molecule has 0 N–H and O–H groups in total. The van der Waals surface area contributed by atoms with E-state index in [1.165, 1.54) is 0 Å². The minimum atomic E-state index is 0.106. The number of nitrogens with zero attached hydrogens (tertiary/aromatic N) is 2. The Labute approximate surface area is 111 Å².